The number of aryl methyl sites for hydroxylation is 1. The van der Waals surface area contributed by atoms with Crippen LogP contribution in [0.15, 0.2) is 18.2 Å². The predicted molar refractivity (Wildman–Crippen MR) is 48.3 cm³/mol. The monoisotopic (exact) mass is 193 g/mol. The molecule has 2 N–H and O–H groups in total. The molecule has 1 aromatic carbocycles. The van der Waals surface area contributed by atoms with Crippen LogP contribution < -0.4 is 5.73 Å². The summed E-state index contributed by atoms with van der Waals surface area (Å²) < 4.78 is 14.5. The molecule has 0 radical (unpaired) electrons. The molecule has 5 nitrogen and oxygen atoms in total. The summed E-state index contributed by atoms with van der Waals surface area (Å²) in [5, 5.41) is 10.9. The number of tetrazole rings is 1. The Balaban J connectivity index is 2.53. The highest BCUT2D eigenvalue weighted by Crippen LogP contribution is 2.14. The number of nitrogens with zero attached hydrogens (tertiary/aromatic N) is 4. The third-order valence-corrected chi connectivity index (χ3v) is 1.85. The van der Waals surface area contributed by atoms with Crippen molar-refractivity contribution in [1.29, 1.82) is 0 Å². The summed E-state index contributed by atoms with van der Waals surface area (Å²) in [6.07, 6.45) is 0. The Morgan fingerprint density at radius 2 is 2.21 bits per heavy atom. The molecule has 0 unspecified atom stereocenters. The van der Waals surface area contributed by atoms with Crippen molar-refractivity contribution in [2.45, 2.75) is 6.92 Å². The first-order chi connectivity index (χ1) is 6.68. The van der Waals surface area contributed by atoms with Gasteiger partial charge in [0.15, 0.2) is 5.82 Å². The Kier molecular flexibility index (Phi) is 1.88. The van der Waals surface area contributed by atoms with E-state index in [0.29, 0.717) is 11.5 Å². The number of halogens is 1. The molecule has 14 heavy (non-hydrogen) atoms. The molecular weight excluding hydrogens is 185 g/mol. The van der Waals surface area contributed by atoms with Crippen molar-refractivity contribution in [2.24, 2.45) is 0 Å². The van der Waals surface area contributed by atoms with Gasteiger partial charge in [-0.2, -0.15) is 4.68 Å². The molecule has 0 amide bonds. The lowest BCUT2D eigenvalue weighted by atomic mass is 10.3. The lowest BCUT2D eigenvalue weighted by molar-refractivity contribution is 0.629. The van der Waals surface area contributed by atoms with Crippen LogP contribution in [0.5, 0.6) is 0 Å². The van der Waals surface area contributed by atoms with Gasteiger partial charge in [0, 0.05) is 6.07 Å². The van der Waals surface area contributed by atoms with E-state index >= 15 is 0 Å². The predicted octanol–water partition coefficient (Wildman–Crippen LogP) is 0.692. The van der Waals surface area contributed by atoms with E-state index in [9.17, 15) is 4.39 Å². The minimum atomic E-state index is -0.475. The zero-order valence-corrected chi connectivity index (χ0v) is 7.48. The maximum atomic E-state index is 13.1. The molecule has 0 atom stereocenters. The average molecular weight is 193 g/mol. The number of anilines is 1. The molecule has 0 aliphatic carbocycles. The number of nitrogen functional groups attached to an aromatic ring is 1. The van der Waals surface area contributed by atoms with Gasteiger partial charge in [-0.1, -0.05) is 0 Å². The number of benzene rings is 1. The fraction of sp³-hybridized carbons (Fsp3) is 0.125. The summed E-state index contributed by atoms with van der Waals surface area (Å²) in [6.45, 7) is 1.73. The zero-order chi connectivity index (χ0) is 10.1. The van der Waals surface area contributed by atoms with Gasteiger partial charge in [-0.15, -0.1) is 5.10 Å². The summed E-state index contributed by atoms with van der Waals surface area (Å²) in [6, 6.07) is 4.42. The highest BCUT2D eigenvalue weighted by molar-refractivity contribution is 5.46. The van der Waals surface area contributed by atoms with Gasteiger partial charge in [0.05, 0.1) is 11.4 Å². The van der Waals surface area contributed by atoms with Gasteiger partial charge in [-0.25, -0.2) is 4.39 Å². The van der Waals surface area contributed by atoms with E-state index in [2.05, 4.69) is 15.5 Å². The Labute approximate surface area is 79.3 Å². The van der Waals surface area contributed by atoms with Crippen molar-refractivity contribution in [3.05, 3.63) is 29.8 Å². The van der Waals surface area contributed by atoms with E-state index in [-0.39, 0.29) is 5.69 Å². The Hall–Kier alpha value is -1.98. The van der Waals surface area contributed by atoms with Crippen molar-refractivity contribution in [1.82, 2.24) is 20.2 Å². The summed E-state index contributed by atoms with van der Waals surface area (Å²) in [5.41, 5.74) is 6.01. The second-order valence-electron chi connectivity index (χ2n) is 2.84. The largest absolute Gasteiger partial charge is 0.396 e. The highest BCUT2D eigenvalue weighted by Gasteiger charge is 2.05. The van der Waals surface area contributed by atoms with Crippen LogP contribution in [0.1, 0.15) is 5.82 Å². The quantitative estimate of drug-likeness (QED) is 0.676. The van der Waals surface area contributed by atoms with E-state index in [1.807, 2.05) is 0 Å². The molecule has 0 bridgehead atoms. The molecule has 0 spiro atoms. The molecule has 2 rings (SSSR count). The molecule has 6 heteroatoms. The average Bonchev–Trinajstić information content (AvgIpc) is 2.57. The van der Waals surface area contributed by atoms with Gasteiger partial charge in [0.1, 0.15) is 5.82 Å². The van der Waals surface area contributed by atoms with Crippen molar-refractivity contribution >= 4 is 5.69 Å². The van der Waals surface area contributed by atoms with Gasteiger partial charge in [-0.05, 0) is 29.5 Å². The molecule has 0 aliphatic heterocycles. The summed E-state index contributed by atoms with van der Waals surface area (Å²) in [5.74, 6) is 0.117. The third-order valence-electron chi connectivity index (χ3n) is 1.85. The lowest BCUT2D eigenvalue weighted by Gasteiger charge is -2.02. The van der Waals surface area contributed by atoms with Crippen molar-refractivity contribution in [2.75, 3.05) is 5.73 Å². The van der Waals surface area contributed by atoms with Crippen LogP contribution in [-0.2, 0) is 0 Å². The standard InChI is InChI=1S/C8H8FN5/c1-5-11-12-13-14(5)6-2-3-8(10)7(9)4-6/h2-4H,10H2,1H3. The van der Waals surface area contributed by atoms with Gasteiger partial charge >= 0.3 is 0 Å². The SMILES string of the molecule is Cc1nnnn1-c1ccc(N)c(F)c1. The molecule has 72 valence electrons. The van der Waals surface area contributed by atoms with E-state index in [0.717, 1.165) is 0 Å². The number of rotatable bonds is 1. The highest BCUT2D eigenvalue weighted by atomic mass is 19.1. The zero-order valence-electron chi connectivity index (χ0n) is 7.48. The normalized spacial score (nSPS) is 10.4. The van der Waals surface area contributed by atoms with Crippen molar-refractivity contribution < 1.29 is 4.39 Å². The molecule has 1 heterocycles. The second-order valence-corrected chi connectivity index (χ2v) is 2.84. The van der Waals surface area contributed by atoms with Crippen LogP contribution in [0.3, 0.4) is 0 Å². The Morgan fingerprint density at radius 3 is 2.79 bits per heavy atom. The molecule has 0 saturated carbocycles. The van der Waals surface area contributed by atoms with E-state index < -0.39 is 5.82 Å². The summed E-state index contributed by atoms with van der Waals surface area (Å²) >= 11 is 0. The van der Waals surface area contributed by atoms with Crippen molar-refractivity contribution in [3.8, 4) is 5.69 Å². The minimum absolute atomic E-state index is 0.111. The van der Waals surface area contributed by atoms with Crippen LogP contribution in [-0.4, -0.2) is 20.2 Å². The molecule has 0 aliphatic rings. The van der Waals surface area contributed by atoms with Gasteiger partial charge in [0.25, 0.3) is 0 Å². The van der Waals surface area contributed by atoms with E-state index in [4.69, 9.17) is 5.73 Å². The van der Waals surface area contributed by atoms with E-state index in [1.165, 1.54) is 16.8 Å². The maximum Gasteiger partial charge on any atom is 0.153 e. The molecule has 0 fully saturated rings. The Bertz CT molecular complexity index is 465. The van der Waals surface area contributed by atoms with Crippen molar-refractivity contribution in [3.63, 3.8) is 0 Å². The first-order valence-electron chi connectivity index (χ1n) is 3.99. The number of hydrogen-bond donors (Lipinski definition) is 1. The molecule has 1 aromatic heterocycles. The first kappa shape index (κ1) is 8.61. The molecule has 2 aromatic rings. The molecule has 0 saturated heterocycles. The number of aromatic nitrogens is 4. The lowest BCUT2D eigenvalue weighted by Crippen LogP contribution is -2.01. The van der Waals surface area contributed by atoms with Gasteiger partial charge < -0.3 is 5.73 Å². The minimum Gasteiger partial charge on any atom is -0.396 e. The second kappa shape index (κ2) is 3.06. The van der Waals surface area contributed by atoms with Crippen LogP contribution in [0.4, 0.5) is 10.1 Å². The summed E-state index contributed by atoms with van der Waals surface area (Å²) in [7, 11) is 0. The molecular formula is C8H8FN5. The summed E-state index contributed by atoms with van der Waals surface area (Å²) in [4.78, 5) is 0. The number of hydrogen-bond acceptors (Lipinski definition) is 4. The number of nitrogens with two attached hydrogens (primary N) is 1. The smallest absolute Gasteiger partial charge is 0.153 e. The van der Waals surface area contributed by atoms with Gasteiger partial charge in [0.2, 0.25) is 0 Å². The first-order valence-corrected chi connectivity index (χ1v) is 3.99. The maximum absolute atomic E-state index is 13.1. The Morgan fingerprint density at radius 1 is 1.43 bits per heavy atom. The van der Waals surface area contributed by atoms with Crippen LogP contribution in [0, 0.1) is 12.7 Å². The van der Waals surface area contributed by atoms with Crippen LogP contribution in [0.25, 0.3) is 5.69 Å². The van der Waals surface area contributed by atoms with E-state index in [1.54, 1.807) is 13.0 Å². The topological polar surface area (TPSA) is 69.6 Å². The third kappa shape index (κ3) is 1.30. The van der Waals surface area contributed by atoms with Gasteiger partial charge in [-0.3, -0.25) is 0 Å². The van der Waals surface area contributed by atoms with Crippen LogP contribution >= 0.6 is 0 Å². The fourth-order valence-electron chi connectivity index (χ4n) is 1.12. The van der Waals surface area contributed by atoms with Crippen LogP contribution in [0.2, 0.25) is 0 Å². The fourth-order valence-corrected chi connectivity index (χ4v) is 1.12.